The fourth-order valence-electron chi connectivity index (χ4n) is 4.70. The van der Waals surface area contributed by atoms with Gasteiger partial charge in [-0.15, -0.1) is 0 Å². The molecule has 5 rings (SSSR count). The largest absolute Gasteiger partial charge is 0.449 e. The molecule has 176 valence electrons. The third-order valence-electron chi connectivity index (χ3n) is 6.45. The van der Waals surface area contributed by atoms with Crippen molar-refractivity contribution >= 4 is 6.09 Å². The molecule has 0 bridgehead atoms. The number of carbonyl (C=O) groups excluding carboxylic acids is 1. The number of fused-ring (bicyclic) bond motifs is 3. The highest BCUT2D eigenvalue weighted by atomic mass is 16.6. The minimum absolute atomic E-state index is 0.0193. The summed E-state index contributed by atoms with van der Waals surface area (Å²) in [5.74, 6) is -0.0498. The number of aromatic amines is 1. The van der Waals surface area contributed by atoms with E-state index in [1.54, 1.807) is 6.92 Å². The Morgan fingerprint density at radius 1 is 1.15 bits per heavy atom. The molecule has 9 heteroatoms. The lowest BCUT2D eigenvalue weighted by Crippen LogP contribution is -2.38. The van der Waals surface area contributed by atoms with Crippen LogP contribution in [0.4, 0.5) is 4.79 Å². The third-order valence-corrected chi connectivity index (χ3v) is 6.45. The number of nitrogens with one attached hydrogen (secondary N) is 2. The number of carbonyl (C=O) groups is 1. The second kappa shape index (κ2) is 8.92. The van der Waals surface area contributed by atoms with Crippen molar-refractivity contribution in [2.75, 3.05) is 13.2 Å². The van der Waals surface area contributed by atoms with Gasteiger partial charge in [0.2, 0.25) is 0 Å². The van der Waals surface area contributed by atoms with Crippen molar-refractivity contribution < 1.29 is 19.4 Å². The number of aryl methyl sites for hydroxylation is 1. The highest BCUT2D eigenvalue weighted by Crippen LogP contribution is 2.44. The summed E-state index contributed by atoms with van der Waals surface area (Å²) in [4.78, 5) is 38.3. The molecule has 0 unspecified atom stereocenters. The molecule has 2 aliphatic rings. The molecule has 0 spiro atoms. The van der Waals surface area contributed by atoms with Crippen LogP contribution in [0.25, 0.3) is 11.1 Å². The first-order valence-corrected chi connectivity index (χ1v) is 11.2. The number of alkyl carbamates (subject to hydrolysis) is 1. The van der Waals surface area contributed by atoms with Crippen molar-refractivity contribution in [2.45, 2.75) is 37.7 Å². The number of aromatic nitrogens is 2. The van der Waals surface area contributed by atoms with Gasteiger partial charge < -0.3 is 19.9 Å². The molecular formula is C25H25N3O6. The highest BCUT2D eigenvalue weighted by molar-refractivity contribution is 5.79. The van der Waals surface area contributed by atoms with Crippen LogP contribution in [-0.4, -0.2) is 46.1 Å². The van der Waals surface area contributed by atoms with E-state index in [0.29, 0.717) is 5.56 Å². The van der Waals surface area contributed by atoms with Gasteiger partial charge in [-0.25, -0.2) is 9.59 Å². The molecule has 1 aliphatic carbocycles. The van der Waals surface area contributed by atoms with Crippen LogP contribution >= 0.6 is 0 Å². The molecule has 34 heavy (non-hydrogen) atoms. The Kier molecular flexibility index (Phi) is 5.80. The summed E-state index contributed by atoms with van der Waals surface area (Å²) < 4.78 is 12.5. The van der Waals surface area contributed by atoms with Crippen molar-refractivity contribution in [1.82, 2.24) is 14.9 Å². The summed E-state index contributed by atoms with van der Waals surface area (Å²) in [6.07, 6.45) is -1.41. The van der Waals surface area contributed by atoms with E-state index in [2.05, 4.69) is 22.4 Å². The number of nitrogens with zero attached hydrogens (tertiary/aromatic N) is 1. The van der Waals surface area contributed by atoms with Crippen LogP contribution in [0.5, 0.6) is 0 Å². The van der Waals surface area contributed by atoms with Crippen LogP contribution in [0.15, 0.2) is 64.3 Å². The van der Waals surface area contributed by atoms with Crippen LogP contribution in [0.3, 0.4) is 0 Å². The maximum Gasteiger partial charge on any atom is 0.407 e. The van der Waals surface area contributed by atoms with E-state index in [9.17, 15) is 19.5 Å². The number of amides is 1. The average molecular weight is 463 g/mol. The average Bonchev–Trinajstić information content (AvgIpc) is 3.36. The Hall–Kier alpha value is -3.69. The monoisotopic (exact) mass is 463 g/mol. The smallest absolute Gasteiger partial charge is 0.407 e. The molecule has 1 aliphatic heterocycles. The van der Waals surface area contributed by atoms with Crippen molar-refractivity contribution in [1.29, 1.82) is 0 Å². The SMILES string of the molecule is Cc1cn([C@H]2C[C@H](O)[C@@H](CNC(=O)OCC3c4ccccc4-c4ccccc43)O2)c(=O)[nH]c1=O. The quantitative estimate of drug-likeness (QED) is 0.532. The van der Waals surface area contributed by atoms with Crippen LogP contribution in [0, 0.1) is 6.92 Å². The van der Waals surface area contributed by atoms with Gasteiger partial charge in [0, 0.05) is 30.6 Å². The van der Waals surface area contributed by atoms with Crippen molar-refractivity contribution in [3.05, 3.63) is 92.3 Å². The summed E-state index contributed by atoms with van der Waals surface area (Å²) in [5, 5.41) is 13.0. The summed E-state index contributed by atoms with van der Waals surface area (Å²) in [7, 11) is 0. The Morgan fingerprint density at radius 3 is 2.47 bits per heavy atom. The van der Waals surface area contributed by atoms with Gasteiger partial charge in [0.1, 0.15) is 18.9 Å². The summed E-state index contributed by atoms with van der Waals surface area (Å²) >= 11 is 0. The number of hydrogen-bond donors (Lipinski definition) is 3. The van der Waals surface area contributed by atoms with Crippen LogP contribution in [0.2, 0.25) is 0 Å². The Morgan fingerprint density at radius 2 is 1.79 bits per heavy atom. The third kappa shape index (κ3) is 4.04. The molecule has 1 aromatic heterocycles. The number of rotatable bonds is 5. The Bertz CT molecular complexity index is 1300. The molecule has 1 amide bonds. The predicted molar refractivity (Wildman–Crippen MR) is 124 cm³/mol. The molecule has 0 radical (unpaired) electrons. The van der Waals surface area contributed by atoms with Gasteiger partial charge in [0.15, 0.2) is 0 Å². The normalized spacial score (nSPS) is 21.2. The van der Waals surface area contributed by atoms with Crippen molar-refractivity contribution in [2.24, 2.45) is 0 Å². The topological polar surface area (TPSA) is 123 Å². The molecule has 1 saturated heterocycles. The summed E-state index contributed by atoms with van der Waals surface area (Å²) in [5.41, 5.74) is 3.82. The molecule has 2 aromatic carbocycles. The summed E-state index contributed by atoms with van der Waals surface area (Å²) in [6.45, 7) is 1.78. The molecular weight excluding hydrogens is 438 g/mol. The fraction of sp³-hybridized carbons (Fsp3) is 0.320. The molecule has 0 saturated carbocycles. The van der Waals surface area contributed by atoms with Gasteiger partial charge in [-0.05, 0) is 29.2 Å². The molecule has 1 fully saturated rings. The first-order chi connectivity index (χ1) is 16.4. The van der Waals surface area contributed by atoms with Crippen LogP contribution < -0.4 is 16.6 Å². The first-order valence-electron chi connectivity index (χ1n) is 11.2. The minimum Gasteiger partial charge on any atom is -0.449 e. The molecule has 9 nitrogen and oxygen atoms in total. The number of ether oxygens (including phenoxy) is 2. The lowest BCUT2D eigenvalue weighted by atomic mass is 9.98. The van der Waals surface area contributed by atoms with E-state index in [-0.39, 0.29) is 25.5 Å². The fourth-order valence-corrected chi connectivity index (χ4v) is 4.70. The lowest BCUT2D eigenvalue weighted by Gasteiger charge is -2.18. The van der Waals surface area contributed by atoms with E-state index in [0.717, 1.165) is 22.3 Å². The van der Waals surface area contributed by atoms with Gasteiger partial charge in [0.05, 0.1) is 6.10 Å². The number of benzene rings is 2. The molecule has 3 N–H and O–H groups in total. The number of aliphatic hydroxyl groups excluding tert-OH is 1. The zero-order chi connectivity index (χ0) is 23.8. The van der Waals surface area contributed by atoms with Gasteiger partial charge in [-0.2, -0.15) is 0 Å². The zero-order valence-electron chi connectivity index (χ0n) is 18.6. The van der Waals surface area contributed by atoms with Crippen molar-refractivity contribution in [3.63, 3.8) is 0 Å². The van der Waals surface area contributed by atoms with Gasteiger partial charge in [-0.1, -0.05) is 48.5 Å². The van der Waals surface area contributed by atoms with E-state index in [1.807, 2.05) is 36.4 Å². The lowest BCUT2D eigenvalue weighted by molar-refractivity contribution is -0.0192. The van der Waals surface area contributed by atoms with Gasteiger partial charge in [-0.3, -0.25) is 14.3 Å². The predicted octanol–water partition coefficient (Wildman–Crippen LogP) is 2.03. The first kappa shape index (κ1) is 22.1. The maximum atomic E-state index is 12.4. The van der Waals surface area contributed by atoms with Crippen LogP contribution in [0.1, 0.15) is 35.3 Å². The molecule has 3 aromatic rings. The standard InChI is InChI=1S/C25H25N3O6/c1-14-12-28(24(31)27-23(14)30)22-10-20(29)21(34-22)11-26-25(32)33-13-19-17-8-4-2-6-15(17)16-7-3-5-9-18(16)19/h2-9,12,19-22,29H,10-11,13H2,1H3,(H,26,32)(H,27,30,31)/t20-,21+,22+/m0/s1. The maximum absolute atomic E-state index is 12.4. The number of aliphatic hydroxyl groups is 1. The minimum atomic E-state index is -0.891. The van der Waals surface area contributed by atoms with E-state index in [1.165, 1.54) is 10.8 Å². The Labute approximate surface area is 195 Å². The second-order valence-corrected chi connectivity index (χ2v) is 8.62. The Balaban J connectivity index is 1.19. The number of hydrogen-bond acceptors (Lipinski definition) is 6. The van der Waals surface area contributed by atoms with E-state index in [4.69, 9.17) is 9.47 Å². The molecule has 2 heterocycles. The molecule has 3 atom stereocenters. The van der Waals surface area contributed by atoms with E-state index >= 15 is 0 Å². The van der Waals surface area contributed by atoms with E-state index < -0.39 is 35.8 Å². The van der Waals surface area contributed by atoms with Crippen LogP contribution in [-0.2, 0) is 9.47 Å². The van der Waals surface area contributed by atoms with Crippen molar-refractivity contribution in [3.8, 4) is 11.1 Å². The van der Waals surface area contributed by atoms with Gasteiger partial charge in [0.25, 0.3) is 5.56 Å². The van der Waals surface area contributed by atoms with Gasteiger partial charge >= 0.3 is 11.8 Å². The zero-order valence-corrected chi connectivity index (χ0v) is 18.6. The second-order valence-electron chi connectivity index (χ2n) is 8.62. The number of H-pyrrole nitrogens is 1. The summed E-state index contributed by atoms with van der Waals surface area (Å²) in [6, 6.07) is 16.2. The highest BCUT2D eigenvalue weighted by Gasteiger charge is 2.36.